The van der Waals surface area contributed by atoms with Crippen LogP contribution in [0.1, 0.15) is 109 Å². The number of likely N-dealkylation sites (N-methyl/N-ethyl adjacent to an activating group) is 1. The molecule has 0 rings (SSSR count). The standard InChI is InChI=1S/C25H48BrNO2/c1-24(25(28)29-23-22-27(2)3)20-18-16-14-12-10-8-6-4-5-7-9-11-13-15-17-19-21-26/h1,4-23H2,2-3H3. The van der Waals surface area contributed by atoms with Gasteiger partial charge in [0.05, 0.1) is 0 Å². The van der Waals surface area contributed by atoms with Gasteiger partial charge in [-0.3, -0.25) is 0 Å². The minimum absolute atomic E-state index is 0.221. The van der Waals surface area contributed by atoms with E-state index in [0.29, 0.717) is 12.2 Å². The minimum atomic E-state index is -0.221. The van der Waals surface area contributed by atoms with Crippen LogP contribution in [0.4, 0.5) is 0 Å². The highest BCUT2D eigenvalue weighted by Crippen LogP contribution is 2.15. The number of esters is 1. The van der Waals surface area contributed by atoms with Gasteiger partial charge < -0.3 is 9.64 Å². The first-order chi connectivity index (χ1) is 14.1. The zero-order chi connectivity index (χ0) is 21.6. The van der Waals surface area contributed by atoms with Crippen LogP contribution in [0.15, 0.2) is 12.2 Å². The summed E-state index contributed by atoms with van der Waals surface area (Å²) in [4.78, 5) is 13.8. The van der Waals surface area contributed by atoms with Gasteiger partial charge in [-0.1, -0.05) is 112 Å². The number of carbonyl (C=O) groups excluding carboxylic acids is 1. The van der Waals surface area contributed by atoms with Crippen molar-refractivity contribution in [2.45, 2.75) is 109 Å². The zero-order valence-corrected chi connectivity index (χ0v) is 21.1. The molecule has 0 amide bonds. The Kier molecular flexibility index (Phi) is 22.1. The molecule has 0 unspecified atom stereocenters. The molecular formula is C25H48BrNO2. The fourth-order valence-corrected chi connectivity index (χ4v) is 3.83. The number of ether oxygens (including phenoxy) is 1. The number of hydrogen-bond donors (Lipinski definition) is 0. The molecule has 0 aliphatic carbocycles. The van der Waals surface area contributed by atoms with Crippen molar-refractivity contribution >= 4 is 21.9 Å². The third kappa shape index (κ3) is 22.2. The molecule has 4 heteroatoms. The van der Waals surface area contributed by atoms with Crippen LogP contribution < -0.4 is 0 Å². The number of hydrogen-bond acceptors (Lipinski definition) is 3. The van der Waals surface area contributed by atoms with Crippen molar-refractivity contribution < 1.29 is 9.53 Å². The lowest BCUT2D eigenvalue weighted by Crippen LogP contribution is -2.20. The number of alkyl halides is 1. The van der Waals surface area contributed by atoms with Gasteiger partial charge >= 0.3 is 5.97 Å². The quantitative estimate of drug-likeness (QED) is 0.0698. The van der Waals surface area contributed by atoms with Crippen LogP contribution in [0, 0.1) is 0 Å². The Labute approximate surface area is 190 Å². The molecule has 0 bridgehead atoms. The van der Waals surface area contributed by atoms with E-state index in [9.17, 15) is 4.79 Å². The molecule has 0 radical (unpaired) electrons. The first-order valence-corrected chi connectivity index (χ1v) is 13.3. The van der Waals surface area contributed by atoms with Crippen molar-refractivity contribution in [3.05, 3.63) is 12.2 Å². The van der Waals surface area contributed by atoms with Crippen molar-refractivity contribution in [3.8, 4) is 0 Å². The predicted molar refractivity (Wildman–Crippen MR) is 131 cm³/mol. The van der Waals surface area contributed by atoms with Crippen LogP contribution in [0.5, 0.6) is 0 Å². The summed E-state index contributed by atoms with van der Waals surface area (Å²) in [6.45, 7) is 5.08. The monoisotopic (exact) mass is 473 g/mol. The first-order valence-electron chi connectivity index (χ1n) is 12.1. The minimum Gasteiger partial charge on any atom is -0.461 e. The van der Waals surface area contributed by atoms with E-state index in [4.69, 9.17) is 4.74 Å². The molecule has 172 valence electrons. The summed E-state index contributed by atoms with van der Waals surface area (Å²) in [7, 11) is 3.94. The SMILES string of the molecule is C=C(CCCCCCCCCCCCCCCCCCBr)C(=O)OCCN(C)C. The molecule has 0 saturated heterocycles. The van der Waals surface area contributed by atoms with E-state index in [-0.39, 0.29) is 5.97 Å². The molecule has 0 aromatic heterocycles. The molecule has 29 heavy (non-hydrogen) atoms. The molecule has 0 saturated carbocycles. The largest absolute Gasteiger partial charge is 0.461 e. The molecule has 3 nitrogen and oxygen atoms in total. The lowest BCUT2D eigenvalue weighted by Gasteiger charge is -2.11. The normalized spacial score (nSPS) is 11.2. The maximum Gasteiger partial charge on any atom is 0.333 e. The van der Waals surface area contributed by atoms with Gasteiger partial charge in [-0.05, 0) is 33.4 Å². The van der Waals surface area contributed by atoms with Crippen LogP contribution in [0.2, 0.25) is 0 Å². The van der Waals surface area contributed by atoms with Gasteiger partial charge in [-0.2, -0.15) is 0 Å². The Morgan fingerprint density at radius 2 is 1.10 bits per heavy atom. The van der Waals surface area contributed by atoms with Gasteiger partial charge in [-0.25, -0.2) is 4.79 Å². The molecule has 0 N–H and O–H groups in total. The highest BCUT2D eigenvalue weighted by atomic mass is 79.9. The van der Waals surface area contributed by atoms with Gasteiger partial charge in [0.2, 0.25) is 0 Å². The third-order valence-electron chi connectivity index (χ3n) is 5.42. The second-order valence-corrected chi connectivity index (χ2v) is 9.43. The van der Waals surface area contributed by atoms with E-state index in [1.54, 1.807) is 0 Å². The molecule has 0 aromatic rings. The van der Waals surface area contributed by atoms with Crippen LogP contribution in [0.25, 0.3) is 0 Å². The van der Waals surface area contributed by atoms with Gasteiger partial charge in [0.15, 0.2) is 0 Å². The summed E-state index contributed by atoms with van der Waals surface area (Å²) in [6.07, 6.45) is 22.5. The summed E-state index contributed by atoms with van der Waals surface area (Å²) in [5.41, 5.74) is 0.627. The lowest BCUT2D eigenvalue weighted by molar-refractivity contribution is -0.139. The highest BCUT2D eigenvalue weighted by molar-refractivity contribution is 9.09. The molecule has 0 aliphatic rings. The molecule has 0 aliphatic heterocycles. The molecule has 0 aromatic carbocycles. The first kappa shape index (κ1) is 28.6. The predicted octanol–water partition coefficient (Wildman–Crippen LogP) is 7.67. The average molecular weight is 475 g/mol. The Balaban J connectivity index is 3.23. The number of halogens is 1. The van der Waals surface area contributed by atoms with Gasteiger partial charge in [0.25, 0.3) is 0 Å². The van der Waals surface area contributed by atoms with E-state index in [1.165, 1.54) is 96.3 Å². The van der Waals surface area contributed by atoms with Crippen LogP contribution >= 0.6 is 15.9 Å². The topological polar surface area (TPSA) is 29.5 Å². The third-order valence-corrected chi connectivity index (χ3v) is 5.98. The number of unbranched alkanes of at least 4 members (excludes halogenated alkanes) is 15. The maximum atomic E-state index is 11.8. The van der Waals surface area contributed by atoms with Crippen LogP contribution in [0.3, 0.4) is 0 Å². The molecule has 0 fully saturated rings. The van der Waals surface area contributed by atoms with Crippen LogP contribution in [-0.4, -0.2) is 43.4 Å². The van der Waals surface area contributed by atoms with E-state index in [0.717, 1.165) is 24.7 Å². The van der Waals surface area contributed by atoms with Crippen molar-refractivity contribution in [1.29, 1.82) is 0 Å². The van der Waals surface area contributed by atoms with Crippen LogP contribution in [-0.2, 0) is 9.53 Å². The Bertz CT molecular complexity index is 385. The summed E-state index contributed by atoms with van der Waals surface area (Å²) >= 11 is 3.49. The highest BCUT2D eigenvalue weighted by Gasteiger charge is 2.08. The Morgan fingerprint density at radius 1 is 0.724 bits per heavy atom. The van der Waals surface area contributed by atoms with Crippen molar-refractivity contribution in [2.24, 2.45) is 0 Å². The van der Waals surface area contributed by atoms with Crippen molar-refractivity contribution in [2.75, 3.05) is 32.6 Å². The summed E-state index contributed by atoms with van der Waals surface area (Å²) in [5.74, 6) is -0.221. The van der Waals surface area contributed by atoms with Gasteiger partial charge in [0, 0.05) is 17.4 Å². The Hall–Kier alpha value is -0.350. The fraction of sp³-hybridized carbons (Fsp3) is 0.880. The smallest absolute Gasteiger partial charge is 0.333 e. The maximum absolute atomic E-state index is 11.8. The summed E-state index contributed by atoms with van der Waals surface area (Å²) in [5, 5.41) is 1.16. The number of rotatable bonds is 22. The van der Waals surface area contributed by atoms with Crippen molar-refractivity contribution in [1.82, 2.24) is 4.90 Å². The fourth-order valence-electron chi connectivity index (χ4n) is 3.43. The second-order valence-electron chi connectivity index (χ2n) is 8.64. The lowest BCUT2D eigenvalue weighted by atomic mass is 10.0. The van der Waals surface area contributed by atoms with Crippen molar-refractivity contribution in [3.63, 3.8) is 0 Å². The molecule has 0 heterocycles. The average Bonchev–Trinajstić information content (AvgIpc) is 2.69. The molecule has 0 spiro atoms. The zero-order valence-electron chi connectivity index (χ0n) is 19.5. The Morgan fingerprint density at radius 3 is 1.48 bits per heavy atom. The van der Waals surface area contributed by atoms with Gasteiger partial charge in [0.1, 0.15) is 6.61 Å². The molecule has 0 atom stereocenters. The number of nitrogens with zero attached hydrogens (tertiary/aromatic N) is 1. The number of carbonyl (C=O) groups is 1. The molecular weight excluding hydrogens is 426 g/mol. The van der Waals surface area contributed by atoms with E-state index >= 15 is 0 Å². The van der Waals surface area contributed by atoms with Gasteiger partial charge in [-0.15, -0.1) is 0 Å². The van der Waals surface area contributed by atoms with E-state index in [1.807, 2.05) is 19.0 Å². The summed E-state index contributed by atoms with van der Waals surface area (Å²) < 4.78 is 5.22. The van der Waals surface area contributed by atoms with E-state index < -0.39 is 0 Å². The van der Waals surface area contributed by atoms with E-state index in [2.05, 4.69) is 22.5 Å². The second kappa shape index (κ2) is 22.3. The summed E-state index contributed by atoms with van der Waals surface area (Å²) in [6, 6.07) is 0.